The van der Waals surface area contributed by atoms with Crippen LogP contribution in [0.2, 0.25) is 0 Å². The zero-order chi connectivity index (χ0) is 13.8. The molecule has 2 heterocycles. The van der Waals surface area contributed by atoms with Crippen molar-refractivity contribution < 1.29 is 5.21 Å². The molecule has 0 radical (unpaired) electrons. The molecule has 0 aliphatic carbocycles. The number of anilines is 1. The van der Waals surface area contributed by atoms with Crippen LogP contribution in [0.25, 0.3) is 0 Å². The molecule has 0 unspecified atom stereocenters. The third kappa shape index (κ3) is 3.23. The van der Waals surface area contributed by atoms with Gasteiger partial charge in [-0.2, -0.15) is 0 Å². The molecule has 1 aliphatic heterocycles. The molecule has 0 amide bonds. The molecule has 0 spiro atoms. The molecule has 1 fully saturated rings. The summed E-state index contributed by atoms with van der Waals surface area (Å²) in [6, 6.07) is 4.56. The Labute approximate surface area is 114 Å². The quantitative estimate of drug-likeness (QED) is 0.512. The van der Waals surface area contributed by atoms with Crippen molar-refractivity contribution in [1.82, 2.24) is 9.88 Å². The Hall–Kier alpha value is -1.62. The summed E-state index contributed by atoms with van der Waals surface area (Å²) < 4.78 is 0. The van der Waals surface area contributed by atoms with Crippen molar-refractivity contribution >= 4 is 12.0 Å². The fraction of sp³-hybridized carbons (Fsp3) is 0.571. The topological polar surface area (TPSA) is 52.0 Å². The van der Waals surface area contributed by atoms with Crippen LogP contribution in [0.3, 0.4) is 0 Å². The van der Waals surface area contributed by atoms with Gasteiger partial charge in [-0.25, -0.2) is 4.98 Å². The van der Waals surface area contributed by atoms with Gasteiger partial charge < -0.3 is 10.1 Å². The molecule has 0 saturated carbocycles. The lowest BCUT2D eigenvalue weighted by Gasteiger charge is -2.37. The van der Waals surface area contributed by atoms with Gasteiger partial charge in [0, 0.05) is 43.5 Å². The van der Waals surface area contributed by atoms with Crippen molar-refractivity contribution in [3.8, 4) is 0 Å². The smallest absolute Gasteiger partial charge is 0.128 e. The molecule has 1 aromatic rings. The minimum atomic E-state index is 0.611. The maximum Gasteiger partial charge on any atom is 0.128 e. The molecule has 19 heavy (non-hydrogen) atoms. The highest BCUT2D eigenvalue weighted by Gasteiger charge is 2.19. The Balaban J connectivity index is 2.06. The molecule has 1 aromatic heterocycles. The molecule has 0 atom stereocenters. The summed E-state index contributed by atoms with van der Waals surface area (Å²) in [4.78, 5) is 9.38. The van der Waals surface area contributed by atoms with E-state index in [0.29, 0.717) is 6.04 Å². The van der Waals surface area contributed by atoms with Crippen molar-refractivity contribution in [3.63, 3.8) is 0 Å². The number of oxime groups is 1. The number of aryl methyl sites for hydroxylation is 1. The molecule has 0 aromatic carbocycles. The summed E-state index contributed by atoms with van der Waals surface area (Å²) in [5.41, 5.74) is 1.74. The van der Waals surface area contributed by atoms with E-state index in [2.05, 4.69) is 33.8 Å². The van der Waals surface area contributed by atoms with Crippen LogP contribution in [0.4, 0.5) is 5.82 Å². The molecule has 5 heteroatoms. The Morgan fingerprint density at radius 3 is 2.47 bits per heavy atom. The van der Waals surface area contributed by atoms with E-state index in [4.69, 9.17) is 5.21 Å². The number of nitrogens with zero attached hydrogens (tertiary/aromatic N) is 4. The lowest BCUT2D eigenvalue weighted by atomic mass is 10.2. The molecule has 1 aliphatic rings. The highest BCUT2D eigenvalue weighted by atomic mass is 16.4. The highest BCUT2D eigenvalue weighted by Crippen LogP contribution is 2.16. The van der Waals surface area contributed by atoms with E-state index in [1.807, 2.05) is 19.1 Å². The standard InChI is InChI=1S/C14H22N4O/c1-11(2)17-6-8-18(9-7-17)14-5-4-13(10-15-19)12(3)16-14/h4-5,10-11,19H,6-9H2,1-3H3/b15-10+. The van der Waals surface area contributed by atoms with Crippen LogP contribution < -0.4 is 4.90 Å². The summed E-state index contributed by atoms with van der Waals surface area (Å²) in [6.45, 7) is 10.6. The zero-order valence-electron chi connectivity index (χ0n) is 11.9. The minimum Gasteiger partial charge on any atom is -0.411 e. The van der Waals surface area contributed by atoms with Gasteiger partial charge in [-0.1, -0.05) is 5.16 Å². The average Bonchev–Trinajstić information content (AvgIpc) is 2.41. The zero-order valence-corrected chi connectivity index (χ0v) is 11.9. The van der Waals surface area contributed by atoms with E-state index in [9.17, 15) is 0 Å². The fourth-order valence-corrected chi connectivity index (χ4v) is 2.40. The molecular weight excluding hydrogens is 240 g/mol. The second-order valence-corrected chi connectivity index (χ2v) is 5.21. The molecular formula is C14H22N4O. The normalized spacial score (nSPS) is 17.6. The molecule has 104 valence electrons. The first-order chi connectivity index (χ1) is 9.11. The van der Waals surface area contributed by atoms with Gasteiger partial charge in [0.25, 0.3) is 0 Å². The van der Waals surface area contributed by atoms with Crippen molar-refractivity contribution in [2.24, 2.45) is 5.16 Å². The van der Waals surface area contributed by atoms with Gasteiger partial charge in [0.05, 0.1) is 6.21 Å². The first-order valence-corrected chi connectivity index (χ1v) is 6.76. The fourth-order valence-electron chi connectivity index (χ4n) is 2.40. The van der Waals surface area contributed by atoms with Gasteiger partial charge in [-0.3, -0.25) is 4.90 Å². The number of pyridine rings is 1. The van der Waals surface area contributed by atoms with Gasteiger partial charge in [-0.15, -0.1) is 0 Å². The van der Waals surface area contributed by atoms with Gasteiger partial charge in [0.15, 0.2) is 0 Å². The van der Waals surface area contributed by atoms with Crippen LogP contribution in [0.5, 0.6) is 0 Å². The van der Waals surface area contributed by atoms with Crippen LogP contribution in [0.15, 0.2) is 17.3 Å². The van der Waals surface area contributed by atoms with Crippen LogP contribution in [0.1, 0.15) is 25.1 Å². The van der Waals surface area contributed by atoms with Crippen LogP contribution in [-0.4, -0.2) is 53.5 Å². The number of rotatable bonds is 3. The Kier molecular flexibility index (Phi) is 4.37. The summed E-state index contributed by atoms with van der Waals surface area (Å²) in [6.07, 6.45) is 1.42. The molecule has 0 bridgehead atoms. The van der Waals surface area contributed by atoms with Crippen molar-refractivity contribution in [3.05, 3.63) is 23.4 Å². The summed E-state index contributed by atoms with van der Waals surface area (Å²) in [7, 11) is 0. The SMILES string of the molecule is Cc1nc(N2CCN(C(C)C)CC2)ccc1/C=N/O. The summed E-state index contributed by atoms with van der Waals surface area (Å²) in [5.74, 6) is 1.01. The van der Waals surface area contributed by atoms with Crippen molar-refractivity contribution in [1.29, 1.82) is 0 Å². The second kappa shape index (κ2) is 6.02. The maximum atomic E-state index is 8.57. The maximum absolute atomic E-state index is 8.57. The van der Waals surface area contributed by atoms with E-state index in [0.717, 1.165) is 43.3 Å². The van der Waals surface area contributed by atoms with Gasteiger partial charge in [0.1, 0.15) is 5.82 Å². The van der Waals surface area contributed by atoms with E-state index in [-0.39, 0.29) is 0 Å². The van der Waals surface area contributed by atoms with Gasteiger partial charge in [0.2, 0.25) is 0 Å². The lowest BCUT2D eigenvalue weighted by Crippen LogP contribution is -2.49. The molecule has 1 N–H and O–H groups in total. The van der Waals surface area contributed by atoms with Crippen molar-refractivity contribution in [2.45, 2.75) is 26.8 Å². The Morgan fingerprint density at radius 2 is 1.95 bits per heavy atom. The number of piperazine rings is 1. The van der Waals surface area contributed by atoms with E-state index in [1.165, 1.54) is 6.21 Å². The number of hydrogen-bond acceptors (Lipinski definition) is 5. The van der Waals surface area contributed by atoms with E-state index < -0.39 is 0 Å². The average molecular weight is 262 g/mol. The second-order valence-electron chi connectivity index (χ2n) is 5.21. The molecule has 1 saturated heterocycles. The Morgan fingerprint density at radius 1 is 1.26 bits per heavy atom. The first kappa shape index (κ1) is 13.8. The predicted octanol–water partition coefficient (Wildman–Crippen LogP) is 1.73. The predicted molar refractivity (Wildman–Crippen MR) is 77.3 cm³/mol. The first-order valence-electron chi connectivity index (χ1n) is 6.76. The summed E-state index contributed by atoms with van der Waals surface area (Å²) in [5, 5.41) is 11.6. The van der Waals surface area contributed by atoms with Crippen LogP contribution in [-0.2, 0) is 0 Å². The summed E-state index contributed by atoms with van der Waals surface area (Å²) >= 11 is 0. The third-order valence-corrected chi connectivity index (χ3v) is 3.68. The third-order valence-electron chi connectivity index (χ3n) is 3.68. The number of hydrogen-bond donors (Lipinski definition) is 1. The highest BCUT2D eigenvalue weighted by molar-refractivity contribution is 5.80. The Bertz CT molecular complexity index is 451. The molecule has 2 rings (SSSR count). The van der Waals surface area contributed by atoms with Crippen molar-refractivity contribution in [2.75, 3.05) is 31.1 Å². The van der Waals surface area contributed by atoms with Crippen LogP contribution in [0, 0.1) is 6.92 Å². The number of aromatic nitrogens is 1. The lowest BCUT2D eigenvalue weighted by molar-refractivity contribution is 0.209. The van der Waals surface area contributed by atoms with E-state index in [1.54, 1.807) is 0 Å². The van der Waals surface area contributed by atoms with E-state index >= 15 is 0 Å². The van der Waals surface area contributed by atoms with Gasteiger partial charge >= 0.3 is 0 Å². The van der Waals surface area contributed by atoms with Gasteiger partial charge in [-0.05, 0) is 32.9 Å². The minimum absolute atomic E-state index is 0.611. The largest absolute Gasteiger partial charge is 0.411 e. The molecule has 5 nitrogen and oxygen atoms in total. The monoisotopic (exact) mass is 262 g/mol. The van der Waals surface area contributed by atoms with Crippen LogP contribution >= 0.6 is 0 Å².